The van der Waals surface area contributed by atoms with Gasteiger partial charge in [0.25, 0.3) is 0 Å². The van der Waals surface area contributed by atoms with Gasteiger partial charge in [-0.3, -0.25) is 5.10 Å². The summed E-state index contributed by atoms with van der Waals surface area (Å²) in [5.41, 5.74) is 6.32. The van der Waals surface area contributed by atoms with Crippen LogP contribution in [0.4, 0.5) is 5.82 Å². The van der Waals surface area contributed by atoms with E-state index in [-0.39, 0.29) is 0 Å². The van der Waals surface area contributed by atoms with Gasteiger partial charge in [0.2, 0.25) is 0 Å². The fraction of sp³-hybridized carbons (Fsp3) is 0.286. The molecule has 60 valence electrons. The monoisotopic (exact) mass is 152 g/mol. The molecule has 0 radical (unpaired) electrons. The molecular weight excluding hydrogens is 140 g/mol. The molecule has 0 aliphatic heterocycles. The SMILES string of the molecule is CNCC=Cc1cc(N)n[nH]1. The van der Waals surface area contributed by atoms with Crippen LogP contribution in [-0.2, 0) is 0 Å². The van der Waals surface area contributed by atoms with Gasteiger partial charge in [-0.25, -0.2) is 0 Å². The fourth-order valence-electron chi connectivity index (χ4n) is 0.742. The number of nitrogens with one attached hydrogen (secondary N) is 2. The van der Waals surface area contributed by atoms with Gasteiger partial charge in [-0.1, -0.05) is 6.08 Å². The third-order valence-electron chi connectivity index (χ3n) is 1.24. The molecule has 0 bridgehead atoms. The molecule has 4 nitrogen and oxygen atoms in total. The predicted molar refractivity (Wildman–Crippen MR) is 46.0 cm³/mol. The van der Waals surface area contributed by atoms with Crippen molar-refractivity contribution in [1.82, 2.24) is 15.5 Å². The first-order valence-electron chi connectivity index (χ1n) is 3.45. The highest BCUT2D eigenvalue weighted by atomic mass is 15.1. The summed E-state index contributed by atoms with van der Waals surface area (Å²) in [5.74, 6) is 0.522. The van der Waals surface area contributed by atoms with Crippen LogP contribution in [-0.4, -0.2) is 23.8 Å². The standard InChI is InChI=1S/C7H12N4/c1-9-4-2-3-6-5-7(8)11-10-6/h2-3,5,9H,4H2,1H3,(H3,8,10,11). The van der Waals surface area contributed by atoms with E-state index >= 15 is 0 Å². The summed E-state index contributed by atoms with van der Waals surface area (Å²) in [6.45, 7) is 0.846. The highest BCUT2D eigenvalue weighted by molar-refractivity contribution is 5.48. The predicted octanol–water partition coefficient (Wildman–Crippen LogP) is 0.224. The minimum atomic E-state index is 0.522. The zero-order chi connectivity index (χ0) is 8.10. The van der Waals surface area contributed by atoms with E-state index in [4.69, 9.17) is 5.73 Å². The van der Waals surface area contributed by atoms with Crippen molar-refractivity contribution in [3.05, 3.63) is 17.8 Å². The molecule has 0 amide bonds. The summed E-state index contributed by atoms with van der Waals surface area (Å²) < 4.78 is 0. The van der Waals surface area contributed by atoms with Crippen molar-refractivity contribution >= 4 is 11.9 Å². The Morgan fingerprint density at radius 2 is 2.64 bits per heavy atom. The molecule has 1 heterocycles. The van der Waals surface area contributed by atoms with Gasteiger partial charge in [0, 0.05) is 12.6 Å². The van der Waals surface area contributed by atoms with Gasteiger partial charge in [0.15, 0.2) is 0 Å². The maximum atomic E-state index is 5.39. The van der Waals surface area contributed by atoms with Crippen LogP contribution < -0.4 is 11.1 Å². The lowest BCUT2D eigenvalue weighted by Crippen LogP contribution is -2.03. The largest absolute Gasteiger partial charge is 0.382 e. The van der Waals surface area contributed by atoms with Crippen LogP contribution >= 0.6 is 0 Å². The van der Waals surface area contributed by atoms with Gasteiger partial charge in [-0.05, 0) is 13.1 Å². The number of nitrogens with two attached hydrogens (primary N) is 1. The van der Waals surface area contributed by atoms with E-state index in [1.54, 1.807) is 6.07 Å². The Balaban J connectivity index is 2.50. The Kier molecular flexibility index (Phi) is 2.68. The molecule has 0 aromatic carbocycles. The van der Waals surface area contributed by atoms with E-state index < -0.39 is 0 Å². The molecule has 0 unspecified atom stereocenters. The fourth-order valence-corrected chi connectivity index (χ4v) is 0.742. The zero-order valence-corrected chi connectivity index (χ0v) is 6.46. The van der Waals surface area contributed by atoms with Crippen molar-refractivity contribution in [3.63, 3.8) is 0 Å². The van der Waals surface area contributed by atoms with Crippen LogP contribution in [0.1, 0.15) is 5.69 Å². The number of hydrogen-bond donors (Lipinski definition) is 3. The molecule has 0 aliphatic rings. The second kappa shape index (κ2) is 3.78. The van der Waals surface area contributed by atoms with Gasteiger partial charge in [0.05, 0.1) is 5.69 Å². The second-order valence-electron chi connectivity index (χ2n) is 2.21. The smallest absolute Gasteiger partial charge is 0.145 e. The normalized spacial score (nSPS) is 11.0. The van der Waals surface area contributed by atoms with Gasteiger partial charge >= 0.3 is 0 Å². The number of aromatic nitrogens is 2. The van der Waals surface area contributed by atoms with Crippen molar-refractivity contribution in [2.45, 2.75) is 0 Å². The molecule has 0 aliphatic carbocycles. The molecule has 0 fully saturated rings. The Bertz CT molecular complexity index is 238. The van der Waals surface area contributed by atoms with E-state index in [1.165, 1.54) is 0 Å². The average Bonchev–Trinajstić information content (AvgIpc) is 2.37. The number of aromatic amines is 1. The van der Waals surface area contributed by atoms with Crippen LogP contribution in [0.3, 0.4) is 0 Å². The number of nitrogen functional groups attached to an aromatic ring is 1. The van der Waals surface area contributed by atoms with Crippen molar-refractivity contribution in [2.24, 2.45) is 0 Å². The topological polar surface area (TPSA) is 66.7 Å². The van der Waals surface area contributed by atoms with Crippen molar-refractivity contribution in [1.29, 1.82) is 0 Å². The first kappa shape index (κ1) is 7.81. The minimum Gasteiger partial charge on any atom is -0.382 e. The van der Waals surface area contributed by atoms with Crippen LogP contribution in [0.15, 0.2) is 12.1 Å². The van der Waals surface area contributed by atoms with E-state index in [2.05, 4.69) is 15.5 Å². The maximum absolute atomic E-state index is 5.39. The Morgan fingerprint density at radius 3 is 3.18 bits per heavy atom. The summed E-state index contributed by atoms with van der Waals surface area (Å²) >= 11 is 0. The lowest BCUT2D eigenvalue weighted by atomic mass is 10.4. The Labute approximate surface area is 65.5 Å². The number of nitrogens with zero attached hydrogens (tertiary/aromatic N) is 1. The first-order valence-corrected chi connectivity index (χ1v) is 3.45. The van der Waals surface area contributed by atoms with E-state index in [1.807, 2.05) is 19.2 Å². The zero-order valence-electron chi connectivity index (χ0n) is 6.46. The van der Waals surface area contributed by atoms with Crippen molar-refractivity contribution in [2.75, 3.05) is 19.3 Å². The van der Waals surface area contributed by atoms with Gasteiger partial charge < -0.3 is 11.1 Å². The quantitative estimate of drug-likeness (QED) is 0.580. The second-order valence-corrected chi connectivity index (χ2v) is 2.21. The van der Waals surface area contributed by atoms with Crippen molar-refractivity contribution in [3.8, 4) is 0 Å². The molecule has 4 heteroatoms. The number of H-pyrrole nitrogens is 1. The average molecular weight is 152 g/mol. The molecule has 0 saturated heterocycles. The Hall–Kier alpha value is -1.29. The highest BCUT2D eigenvalue weighted by Gasteiger charge is 1.89. The van der Waals surface area contributed by atoms with Crippen LogP contribution in [0.25, 0.3) is 6.08 Å². The van der Waals surface area contributed by atoms with Gasteiger partial charge in [0.1, 0.15) is 5.82 Å². The van der Waals surface area contributed by atoms with E-state index in [9.17, 15) is 0 Å². The lowest BCUT2D eigenvalue weighted by Gasteiger charge is -1.85. The molecule has 11 heavy (non-hydrogen) atoms. The van der Waals surface area contributed by atoms with Crippen LogP contribution in [0.5, 0.6) is 0 Å². The summed E-state index contributed by atoms with van der Waals surface area (Å²) in [7, 11) is 1.89. The molecule has 0 spiro atoms. The number of anilines is 1. The highest BCUT2D eigenvalue weighted by Crippen LogP contribution is 2.01. The molecule has 1 aromatic rings. The number of rotatable bonds is 3. The summed E-state index contributed by atoms with van der Waals surface area (Å²) in [4.78, 5) is 0. The maximum Gasteiger partial charge on any atom is 0.145 e. The lowest BCUT2D eigenvalue weighted by molar-refractivity contribution is 0.922. The van der Waals surface area contributed by atoms with E-state index in [0.717, 1.165) is 12.2 Å². The number of likely N-dealkylation sites (N-methyl/N-ethyl adjacent to an activating group) is 1. The summed E-state index contributed by atoms with van der Waals surface area (Å²) in [6.07, 6.45) is 3.92. The van der Waals surface area contributed by atoms with Crippen LogP contribution in [0, 0.1) is 0 Å². The molecular formula is C7H12N4. The van der Waals surface area contributed by atoms with Gasteiger partial charge in [-0.15, -0.1) is 0 Å². The van der Waals surface area contributed by atoms with Gasteiger partial charge in [-0.2, -0.15) is 5.10 Å². The third kappa shape index (κ3) is 2.43. The third-order valence-corrected chi connectivity index (χ3v) is 1.24. The summed E-state index contributed by atoms with van der Waals surface area (Å²) in [5, 5.41) is 9.54. The minimum absolute atomic E-state index is 0.522. The summed E-state index contributed by atoms with van der Waals surface area (Å²) in [6, 6.07) is 1.78. The Morgan fingerprint density at radius 1 is 1.82 bits per heavy atom. The molecule has 0 saturated carbocycles. The van der Waals surface area contributed by atoms with Crippen LogP contribution in [0.2, 0.25) is 0 Å². The number of hydrogen-bond acceptors (Lipinski definition) is 3. The molecule has 0 atom stereocenters. The van der Waals surface area contributed by atoms with E-state index in [0.29, 0.717) is 5.82 Å². The first-order chi connectivity index (χ1) is 5.33. The van der Waals surface area contributed by atoms with Crippen molar-refractivity contribution < 1.29 is 0 Å². The molecule has 1 rings (SSSR count). The molecule has 1 aromatic heterocycles. The molecule has 4 N–H and O–H groups in total.